The molecule has 1 N–H and O–H groups in total. The first kappa shape index (κ1) is 16.3. The van der Waals surface area contributed by atoms with Crippen LogP contribution >= 0.6 is 0 Å². The number of nitrogens with one attached hydrogen (secondary N) is 1. The summed E-state index contributed by atoms with van der Waals surface area (Å²) >= 11 is 0. The second-order valence-corrected chi connectivity index (χ2v) is 5.76. The maximum atomic E-state index is 13.3. The Morgan fingerprint density at radius 3 is 2.50 bits per heavy atom. The minimum absolute atomic E-state index is 0.183. The lowest BCUT2D eigenvalue weighted by Gasteiger charge is -2.15. The monoisotopic (exact) mass is 327 g/mol. The van der Waals surface area contributed by atoms with E-state index < -0.39 is 11.6 Å². The van der Waals surface area contributed by atoms with E-state index in [4.69, 9.17) is 0 Å². The van der Waals surface area contributed by atoms with Gasteiger partial charge in [0.05, 0.1) is 6.54 Å². The molecule has 1 atom stereocenters. The molecular weight excluding hydrogens is 308 g/mol. The van der Waals surface area contributed by atoms with Gasteiger partial charge in [-0.15, -0.1) is 0 Å². The second kappa shape index (κ2) is 7.36. The van der Waals surface area contributed by atoms with Crippen LogP contribution in [-0.4, -0.2) is 9.55 Å². The average Bonchev–Trinajstić information content (AvgIpc) is 3.00. The van der Waals surface area contributed by atoms with Crippen LogP contribution in [0.25, 0.3) is 0 Å². The first-order valence-corrected chi connectivity index (χ1v) is 7.85. The summed E-state index contributed by atoms with van der Waals surface area (Å²) in [7, 11) is 0. The molecule has 0 spiro atoms. The Morgan fingerprint density at radius 1 is 1.08 bits per heavy atom. The first-order valence-electron chi connectivity index (χ1n) is 7.85. The van der Waals surface area contributed by atoms with Crippen LogP contribution in [0.2, 0.25) is 0 Å². The molecule has 0 aliphatic rings. The standard InChI is InChI=1S/C19H19F2N3/c1-14(16-9-17(20)11-18(21)10-16)23-12-19-22-7-8-24(19)13-15-5-3-2-4-6-15/h2-11,14,23H,12-13H2,1H3/t14-/m1/s1. The highest BCUT2D eigenvalue weighted by Crippen LogP contribution is 2.16. The third kappa shape index (κ3) is 4.06. The van der Waals surface area contributed by atoms with Crippen molar-refractivity contribution < 1.29 is 8.78 Å². The minimum Gasteiger partial charge on any atom is -0.329 e. The van der Waals surface area contributed by atoms with Crippen molar-refractivity contribution in [1.82, 2.24) is 14.9 Å². The van der Waals surface area contributed by atoms with Crippen LogP contribution in [-0.2, 0) is 13.1 Å². The van der Waals surface area contributed by atoms with Gasteiger partial charge in [-0.3, -0.25) is 0 Å². The fourth-order valence-electron chi connectivity index (χ4n) is 2.62. The number of rotatable bonds is 6. The van der Waals surface area contributed by atoms with Crippen molar-refractivity contribution in [2.75, 3.05) is 0 Å². The van der Waals surface area contributed by atoms with E-state index in [1.54, 1.807) is 6.20 Å². The zero-order chi connectivity index (χ0) is 16.9. The normalized spacial score (nSPS) is 12.3. The molecule has 3 rings (SSSR count). The molecule has 124 valence electrons. The van der Waals surface area contributed by atoms with Gasteiger partial charge in [0.2, 0.25) is 0 Å². The van der Waals surface area contributed by atoms with Crippen LogP contribution in [0.5, 0.6) is 0 Å². The van der Waals surface area contributed by atoms with Gasteiger partial charge in [-0.1, -0.05) is 30.3 Å². The van der Waals surface area contributed by atoms with Gasteiger partial charge in [0.15, 0.2) is 0 Å². The van der Waals surface area contributed by atoms with Crippen molar-refractivity contribution >= 4 is 0 Å². The molecule has 0 fully saturated rings. The Kier molecular flexibility index (Phi) is 5.01. The van der Waals surface area contributed by atoms with Crippen molar-refractivity contribution in [2.24, 2.45) is 0 Å². The highest BCUT2D eigenvalue weighted by atomic mass is 19.1. The first-order chi connectivity index (χ1) is 11.6. The number of imidazole rings is 1. The van der Waals surface area contributed by atoms with Gasteiger partial charge in [-0.25, -0.2) is 13.8 Å². The average molecular weight is 327 g/mol. The van der Waals surface area contributed by atoms with Crippen molar-refractivity contribution in [3.05, 3.63) is 89.5 Å². The largest absolute Gasteiger partial charge is 0.329 e. The molecular formula is C19H19F2N3. The predicted octanol–water partition coefficient (Wildman–Crippen LogP) is 4.06. The second-order valence-electron chi connectivity index (χ2n) is 5.76. The van der Waals surface area contributed by atoms with Crippen LogP contribution in [0, 0.1) is 11.6 Å². The molecule has 0 saturated carbocycles. The van der Waals surface area contributed by atoms with E-state index in [1.165, 1.54) is 17.7 Å². The molecule has 3 nitrogen and oxygen atoms in total. The molecule has 0 amide bonds. The SMILES string of the molecule is C[C@@H](NCc1nccn1Cc1ccccc1)c1cc(F)cc(F)c1. The Morgan fingerprint density at radius 2 is 1.79 bits per heavy atom. The summed E-state index contributed by atoms with van der Waals surface area (Å²) in [6.07, 6.45) is 3.68. The van der Waals surface area contributed by atoms with Crippen LogP contribution in [0.4, 0.5) is 8.78 Å². The summed E-state index contributed by atoms with van der Waals surface area (Å²) in [4.78, 5) is 4.37. The van der Waals surface area contributed by atoms with E-state index in [1.807, 2.05) is 31.3 Å². The van der Waals surface area contributed by atoms with Gasteiger partial charge >= 0.3 is 0 Å². The molecule has 0 radical (unpaired) electrons. The number of hydrogen-bond donors (Lipinski definition) is 1. The predicted molar refractivity (Wildman–Crippen MR) is 89.4 cm³/mol. The van der Waals surface area contributed by atoms with Crippen molar-refractivity contribution in [1.29, 1.82) is 0 Å². The van der Waals surface area contributed by atoms with Crippen LogP contribution in [0.15, 0.2) is 60.9 Å². The van der Waals surface area contributed by atoms with Gasteiger partial charge < -0.3 is 9.88 Å². The van der Waals surface area contributed by atoms with E-state index in [2.05, 4.69) is 27.0 Å². The molecule has 3 aromatic rings. The van der Waals surface area contributed by atoms with Crippen LogP contribution < -0.4 is 5.32 Å². The minimum atomic E-state index is -0.566. The number of hydrogen-bond acceptors (Lipinski definition) is 2. The molecule has 0 saturated heterocycles. The van der Waals surface area contributed by atoms with Gasteiger partial charge in [-0.2, -0.15) is 0 Å². The molecule has 0 unspecified atom stereocenters. The van der Waals surface area contributed by atoms with Crippen molar-refractivity contribution in [3.63, 3.8) is 0 Å². The zero-order valence-electron chi connectivity index (χ0n) is 13.4. The van der Waals surface area contributed by atoms with E-state index >= 15 is 0 Å². The summed E-state index contributed by atoms with van der Waals surface area (Å²) in [6, 6.07) is 13.5. The van der Waals surface area contributed by atoms with Crippen LogP contribution in [0.1, 0.15) is 29.9 Å². The fraction of sp³-hybridized carbons (Fsp3) is 0.211. The summed E-state index contributed by atoms with van der Waals surface area (Å²) in [5.41, 5.74) is 1.77. The smallest absolute Gasteiger partial charge is 0.126 e. The molecule has 2 aromatic carbocycles. The Hall–Kier alpha value is -2.53. The van der Waals surface area contributed by atoms with Crippen molar-refractivity contribution in [2.45, 2.75) is 26.1 Å². The lowest BCUT2D eigenvalue weighted by atomic mass is 10.1. The van der Waals surface area contributed by atoms with Gasteiger partial charge in [0.25, 0.3) is 0 Å². The molecule has 0 aliphatic carbocycles. The number of nitrogens with zero attached hydrogens (tertiary/aromatic N) is 2. The van der Waals surface area contributed by atoms with E-state index in [-0.39, 0.29) is 6.04 Å². The lowest BCUT2D eigenvalue weighted by molar-refractivity contribution is 0.528. The van der Waals surface area contributed by atoms with Crippen LogP contribution in [0.3, 0.4) is 0 Å². The molecule has 1 heterocycles. The molecule has 24 heavy (non-hydrogen) atoms. The summed E-state index contributed by atoms with van der Waals surface area (Å²) in [5, 5.41) is 3.27. The highest BCUT2D eigenvalue weighted by Gasteiger charge is 2.10. The Labute approximate surface area is 140 Å². The number of benzene rings is 2. The number of aromatic nitrogens is 2. The van der Waals surface area contributed by atoms with Crippen molar-refractivity contribution in [3.8, 4) is 0 Å². The Balaban J connectivity index is 1.66. The fourth-order valence-corrected chi connectivity index (χ4v) is 2.62. The number of halogens is 2. The zero-order valence-corrected chi connectivity index (χ0v) is 13.4. The lowest BCUT2D eigenvalue weighted by Crippen LogP contribution is -2.21. The highest BCUT2D eigenvalue weighted by molar-refractivity contribution is 5.21. The maximum Gasteiger partial charge on any atom is 0.126 e. The molecule has 0 aliphatic heterocycles. The summed E-state index contributed by atoms with van der Waals surface area (Å²) in [6.45, 7) is 3.12. The topological polar surface area (TPSA) is 29.9 Å². The van der Waals surface area contributed by atoms with E-state index in [0.717, 1.165) is 18.4 Å². The van der Waals surface area contributed by atoms with E-state index in [0.29, 0.717) is 12.1 Å². The maximum absolute atomic E-state index is 13.3. The summed E-state index contributed by atoms with van der Waals surface area (Å²) in [5.74, 6) is -0.254. The third-order valence-electron chi connectivity index (χ3n) is 3.95. The third-order valence-corrected chi connectivity index (χ3v) is 3.95. The molecule has 1 aromatic heterocycles. The molecule has 5 heteroatoms. The molecule has 0 bridgehead atoms. The summed E-state index contributed by atoms with van der Waals surface area (Å²) < 4.78 is 28.7. The Bertz CT molecular complexity index is 779. The quantitative estimate of drug-likeness (QED) is 0.740. The van der Waals surface area contributed by atoms with E-state index in [9.17, 15) is 8.78 Å². The van der Waals surface area contributed by atoms with Gasteiger partial charge in [0, 0.05) is 31.0 Å². The van der Waals surface area contributed by atoms with Gasteiger partial charge in [-0.05, 0) is 30.2 Å². The van der Waals surface area contributed by atoms with Gasteiger partial charge in [0.1, 0.15) is 17.5 Å².